The Balaban J connectivity index is 1.54. The Hall–Kier alpha value is -2.91. The van der Waals surface area contributed by atoms with E-state index in [1.165, 1.54) is 18.4 Å². The summed E-state index contributed by atoms with van der Waals surface area (Å²) < 4.78 is 25.6. The summed E-state index contributed by atoms with van der Waals surface area (Å²) in [6.45, 7) is 3.74. The second-order valence-corrected chi connectivity index (χ2v) is 9.44. The number of hydrogen-bond acceptors (Lipinski definition) is 6. The third-order valence-electron chi connectivity index (χ3n) is 5.10. The van der Waals surface area contributed by atoms with Crippen molar-refractivity contribution in [2.75, 3.05) is 30.9 Å². The predicted molar refractivity (Wildman–Crippen MR) is 113 cm³/mol. The quantitative estimate of drug-likeness (QED) is 0.669. The molecule has 0 amide bonds. The molecule has 0 radical (unpaired) electrons. The zero-order valence-corrected chi connectivity index (χ0v) is 17.5. The van der Waals surface area contributed by atoms with Gasteiger partial charge in [-0.25, -0.2) is 22.7 Å². The molecule has 3 heterocycles. The molecule has 4 rings (SSSR count). The van der Waals surface area contributed by atoms with E-state index < -0.39 is 10.0 Å². The molecule has 0 bridgehead atoms. The predicted octanol–water partition coefficient (Wildman–Crippen LogP) is 2.67. The molecule has 0 unspecified atom stereocenters. The van der Waals surface area contributed by atoms with E-state index in [2.05, 4.69) is 32.1 Å². The number of anilines is 3. The van der Waals surface area contributed by atoms with Crippen LogP contribution >= 0.6 is 0 Å². The van der Waals surface area contributed by atoms with Crippen LogP contribution in [0.3, 0.4) is 0 Å². The van der Waals surface area contributed by atoms with Crippen LogP contribution in [0.15, 0.2) is 47.8 Å². The number of fused-ring (bicyclic) bond motifs is 1. The van der Waals surface area contributed by atoms with Gasteiger partial charge in [-0.1, -0.05) is 0 Å². The number of sulfonamides is 1. The van der Waals surface area contributed by atoms with Gasteiger partial charge in [0.05, 0.1) is 29.2 Å². The number of nitrogens with zero attached hydrogens (tertiary/aromatic N) is 4. The van der Waals surface area contributed by atoms with E-state index in [-0.39, 0.29) is 4.90 Å². The molecule has 2 aromatic heterocycles. The van der Waals surface area contributed by atoms with Gasteiger partial charge in [0, 0.05) is 50.7 Å². The van der Waals surface area contributed by atoms with Crippen LogP contribution in [0.25, 0.3) is 0 Å². The molecule has 0 aliphatic carbocycles. The maximum atomic E-state index is 12.2. The minimum atomic E-state index is -3.44. The van der Waals surface area contributed by atoms with Crippen LogP contribution in [0.4, 0.5) is 17.2 Å². The van der Waals surface area contributed by atoms with E-state index in [4.69, 9.17) is 0 Å². The second-order valence-electron chi connectivity index (χ2n) is 7.29. The van der Waals surface area contributed by atoms with Crippen molar-refractivity contribution in [1.29, 1.82) is 0 Å². The number of aromatic amines is 1. The Bertz CT molecular complexity index is 1120. The summed E-state index contributed by atoms with van der Waals surface area (Å²) in [6, 6.07) is 8.71. The third-order valence-corrected chi connectivity index (χ3v) is 6.93. The lowest BCUT2D eigenvalue weighted by molar-refractivity contribution is 0.521. The van der Waals surface area contributed by atoms with Crippen LogP contribution in [0, 0.1) is 6.92 Å². The first-order chi connectivity index (χ1) is 13.8. The molecule has 0 spiro atoms. The van der Waals surface area contributed by atoms with Crippen molar-refractivity contribution in [3.05, 3.63) is 59.8 Å². The van der Waals surface area contributed by atoms with E-state index in [9.17, 15) is 8.42 Å². The lowest BCUT2D eigenvalue weighted by Gasteiger charge is -2.29. The van der Waals surface area contributed by atoms with Crippen molar-refractivity contribution in [2.24, 2.45) is 0 Å². The molecule has 0 saturated heterocycles. The van der Waals surface area contributed by atoms with E-state index in [0.717, 1.165) is 47.8 Å². The highest BCUT2D eigenvalue weighted by Crippen LogP contribution is 2.28. The Morgan fingerprint density at radius 2 is 1.93 bits per heavy atom. The van der Waals surface area contributed by atoms with Crippen LogP contribution in [-0.2, 0) is 23.0 Å². The van der Waals surface area contributed by atoms with Crippen molar-refractivity contribution in [2.45, 2.75) is 24.8 Å². The van der Waals surface area contributed by atoms with Crippen LogP contribution in [0.2, 0.25) is 0 Å². The summed E-state index contributed by atoms with van der Waals surface area (Å²) in [7, 11) is -0.398. The minimum Gasteiger partial charge on any atom is -0.365 e. The fraction of sp³-hybridized carbons (Fsp3) is 0.300. The largest absolute Gasteiger partial charge is 0.365 e. The van der Waals surface area contributed by atoms with E-state index in [1.54, 1.807) is 30.6 Å². The van der Waals surface area contributed by atoms with Gasteiger partial charge in [0.2, 0.25) is 10.0 Å². The standard InChI is InChI=1S/C20H24N6O2S/c1-14-11-21-20(10-19(14)26-9-8-17-18(12-26)23-13-22-17)24-15-4-6-16(7-5-15)29(27,28)25(2)3/h4-7,10-11,13H,8-9,12H2,1-3H3,(H,21,24)(H,22,23). The van der Waals surface area contributed by atoms with Crippen LogP contribution in [0.1, 0.15) is 17.0 Å². The number of H-pyrrole nitrogens is 1. The Morgan fingerprint density at radius 3 is 2.66 bits per heavy atom. The Kier molecular flexibility index (Phi) is 5.01. The normalized spacial score (nSPS) is 14.1. The molecular weight excluding hydrogens is 388 g/mol. The highest BCUT2D eigenvalue weighted by molar-refractivity contribution is 7.89. The van der Waals surface area contributed by atoms with E-state index in [0.29, 0.717) is 5.82 Å². The fourth-order valence-electron chi connectivity index (χ4n) is 3.41. The summed E-state index contributed by atoms with van der Waals surface area (Å²) in [4.78, 5) is 14.6. The fourth-order valence-corrected chi connectivity index (χ4v) is 4.31. The van der Waals surface area contributed by atoms with Gasteiger partial charge in [-0.2, -0.15) is 0 Å². The smallest absolute Gasteiger partial charge is 0.242 e. The molecule has 9 heteroatoms. The van der Waals surface area contributed by atoms with E-state index >= 15 is 0 Å². The van der Waals surface area contributed by atoms with Gasteiger partial charge in [0.1, 0.15) is 5.82 Å². The van der Waals surface area contributed by atoms with Gasteiger partial charge < -0.3 is 15.2 Å². The molecule has 2 N–H and O–H groups in total. The van der Waals surface area contributed by atoms with Crippen molar-refractivity contribution in [3.63, 3.8) is 0 Å². The number of aromatic nitrogens is 3. The summed E-state index contributed by atoms with van der Waals surface area (Å²) in [5.41, 5.74) is 5.29. The molecule has 0 atom stereocenters. The van der Waals surface area contributed by atoms with Gasteiger partial charge in [-0.05, 0) is 36.8 Å². The molecule has 0 fully saturated rings. The number of imidazole rings is 1. The number of hydrogen-bond donors (Lipinski definition) is 2. The first-order valence-corrected chi connectivity index (χ1v) is 10.8. The van der Waals surface area contributed by atoms with Crippen LogP contribution < -0.4 is 10.2 Å². The first kappa shape index (κ1) is 19.4. The third kappa shape index (κ3) is 3.83. The monoisotopic (exact) mass is 412 g/mol. The van der Waals surface area contributed by atoms with Crippen molar-refractivity contribution in [3.8, 4) is 0 Å². The number of aryl methyl sites for hydroxylation is 1. The average Bonchev–Trinajstić information content (AvgIpc) is 3.17. The summed E-state index contributed by atoms with van der Waals surface area (Å²) in [6.07, 6.45) is 4.51. The number of pyridine rings is 1. The first-order valence-electron chi connectivity index (χ1n) is 9.37. The zero-order chi connectivity index (χ0) is 20.6. The molecule has 8 nitrogen and oxygen atoms in total. The highest BCUT2D eigenvalue weighted by atomic mass is 32.2. The van der Waals surface area contributed by atoms with Crippen molar-refractivity contribution in [1.82, 2.24) is 19.3 Å². The second kappa shape index (κ2) is 7.49. The molecule has 1 aromatic carbocycles. The van der Waals surface area contributed by atoms with Crippen molar-refractivity contribution >= 4 is 27.2 Å². The molecular formula is C20H24N6O2S. The maximum Gasteiger partial charge on any atom is 0.242 e. The lowest BCUT2D eigenvalue weighted by Crippen LogP contribution is -2.31. The van der Waals surface area contributed by atoms with Crippen LogP contribution in [0.5, 0.6) is 0 Å². The lowest BCUT2D eigenvalue weighted by atomic mass is 10.1. The zero-order valence-electron chi connectivity index (χ0n) is 16.7. The van der Waals surface area contributed by atoms with Gasteiger partial charge in [-0.15, -0.1) is 0 Å². The average molecular weight is 413 g/mol. The topological polar surface area (TPSA) is 94.2 Å². The van der Waals surface area contributed by atoms with Gasteiger partial charge in [0.15, 0.2) is 0 Å². The Morgan fingerprint density at radius 1 is 1.17 bits per heavy atom. The van der Waals surface area contributed by atoms with Gasteiger partial charge >= 0.3 is 0 Å². The van der Waals surface area contributed by atoms with Crippen LogP contribution in [-0.4, -0.2) is 48.3 Å². The molecule has 1 aliphatic rings. The summed E-state index contributed by atoms with van der Waals surface area (Å²) >= 11 is 0. The number of rotatable bonds is 5. The highest BCUT2D eigenvalue weighted by Gasteiger charge is 2.20. The van der Waals surface area contributed by atoms with Gasteiger partial charge in [-0.3, -0.25) is 0 Å². The SMILES string of the molecule is Cc1cnc(Nc2ccc(S(=O)(=O)N(C)C)cc2)cc1N1CCc2nc[nH]c2C1. The summed E-state index contributed by atoms with van der Waals surface area (Å²) in [5.74, 6) is 0.712. The molecule has 29 heavy (non-hydrogen) atoms. The van der Waals surface area contributed by atoms with Crippen molar-refractivity contribution < 1.29 is 8.42 Å². The Labute approximate surface area is 170 Å². The van der Waals surface area contributed by atoms with Gasteiger partial charge in [0.25, 0.3) is 0 Å². The molecule has 1 aliphatic heterocycles. The molecule has 152 valence electrons. The van der Waals surface area contributed by atoms with E-state index in [1.807, 2.05) is 12.3 Å². The maximum absolute atomic E-state index is 12.2. The summed E-state index contributed by atoms with van der Waals surface area (Å²) in [5, 5.41) is 3.27. The molecule has 3 aromatic rings. The molecule has 0 saturated carbocycles. The minimum absolute atomic E-state index is 0.259. The number of benzene rings is 1. The number of nitrogens with one attached hydrogen (secondary N) is 2.